The first-order chi connectivity index (χ1) is 11.4. The van der Waals surface area contributed by atoms with Crippen LogP contribution >= 0.6 is 0 Å². The molecule has 0 fully saturated rings. The Morgan fingerprint density at radius 3 is 2.67 bits per heavy atom. The van der Waals surface area contributed by atoms with Gasteiger partial charge in [0, 0.05) is 25.2 Å². The standard InChI is InChI=1S/C16H22F2N6/c1-5-19-16(20-9-15-23-22-11(3)24(15)4)21-10(2)13-7-6-12(17)8-14(13)18/h6-8,10H,5,9H2,1-4H3,(H2,19,20,21). The second-order valence-corrected chi connectivity index (χ2v) is 5.45. The van der Waals surface area contributed by atoms with Crippen LogP contribution in [0.25, 0.3) is 0 Å². The summed E-state index contributed by atoms with van der Waals surface area (Å²) in [7, 11) is 1.87. The fourth-order valence-corrected chi connectivity index (χ4v) is 2.19. The van der Waals surface area contributed by atoms with E-state index >= 15 is 0 Å². The van der Waals surface area contributed by atoms with Crippen molar-refractivity contribution in [3.63, 3.8) is 0 Å². The van der Waals surface area contributed by atoms with E-state index in [2.05, 4.69) is 25.8 Å². The van der Waals surface area contributed by atoms with E-state index in [1.54, 1.807) is 6.92 Å². The van der Waals surface area contributed by atoms with Gasteiger partial charge in [-0.15, -0.1) is 10.2 Å². The zero-order chi connectivity index (χ0) is 17.7. The summed E-state index contributed by atoms with van der Waals surface area (Å²) >= 11 is 0. The van der Waals surface area contributed by atoms with E-state index in [0.717, 1.165) is 17.7 Å². The van der Waals surface area contributed by atoms with Crippen molar-refractivity contribution in [2.45, 2.75) is 33.4 Å². The van der Waals surface area contributed by atoms with Gasteiger partial charge in [0.05, 0.1) is 6.04 Å². The van der Waals surface area contributed by atoms with Crippen molar-refractivity contribution in [1.82, 2.24) is 25.4 Å². The molecule has 0 spiro atoms. The van der Waals surface area contributed by atoms with Gasteiger partial charge in [0.15, 0.2) is 11.8 Å². The molecule has 6 nitrogen and oxygen atoms in total. The molecule has 0 saturated heterocycles. The van der Waals surface area contributed by atoms with Crippen LogP contribution in [-0.4, -0.2) is 27.3 Å². The third-order valence-electron chi connectivity index (χ3n) is 3.69. The third-order valence-corrected chi connectivity index (χ3v) is 3.69. The molecule has 24 heavy (non-hydrogen) atoms. The maximum atomic E-state index is 13.9. The molecule has 0 aliphatic heterocycles. The topological polar surface area (TPSA) is 67.1 Å². The predicted octanol–water partition coefficient (Wildman–Crippen LogP) is 2.22. The van der Waals surface area contributed by atoms with E-state index in [4.69, 9.17) is 0 Å². The quantitative estimate of drug-likeness (QED) is 0.649. The zero-order valence-corrected chi connectivity index (χ0v) is 14.3. The molecule has 0 aliphatic rings. The van der Waals surface area contributed by atoms with Crippen molar-refractivity contribution in [2.75, 3.05) is 6.54 Å². The van der Waals surface area contributed by atoms with Crippen LogP contribution in [0.1, 0.15) is 37.1 Å². The van der Waals surface area contributed by atoms with Crippen LogP contribution in [0.3, 0.4) is 0 Å². The Labute approximate surface area is 140 Å². The van der Waals surface area contributed by atoms with Gasteiger partial charge in [-0.05, 0) is 26.8 Å². The van der Waals surface area contributed by atoms with Gasteiger partial charge in [-0.25, -0.2) is 13.8 Å². The molecule has 0 saturated carbocycles. The largest absolute Gasteiger partial charge is 0.357 e. The molecule has 130 valence electrons. The first-order valence-corrected chi connectivity index (χ1v) is 7.77. The normalized spacial score (nSPS) is 13.0. The van der Waals surface area contributed by atoms with E-state index in [1.807, 2.05) is 25.5 Å². The number of benzene rings is 1. The third kappa shape index (κ3) is 4.27. The number of hydrogen-bond acceptors (Lipinski definition) is 3. The highest BCUT2D eigenvalue weighted by Crippen LogP contribution is 2.17. The summed E-state index contributed by atoms with van der Waals surface area (Å²) in [5.41, 5.74) is 0.372. The summed E-state index contributed by atoms with van der Waals surface area (Å²) in [4.78, 5) is 4.45. The zero-order valence-electron chi connectivity index (χ0n) is 14.3. The van der Waals surface area contributed by atoms with Gasteiger partial charge in [0.2, 0.25) is 0 Å². The summed E-state index contributed by atoms with van der Waals surface area (Å²) in [5.74, 6) is 0.871. The summed E-state index contributed by atoms with van der Waals surface area (Å²) in [6, 6.07) is 3.17. The van der Waals surface area contributed by atoms with E-state index in [1.165, 1.54) is 12.1 Å². The van der Waals surface area contributed by atoms with Gasteiger partial charge in [-0.3, -0.25) is 0 Å². The first-order valence-electron chi connectivity index (χ1n) is 7.77. The van der Waals surface area contributed by atoms with Crippen molar-refractivity contribution >= 4 is 5.96 Å². The molecular weight excluding hydrogens is 314 g/mol. The van der Waals surface area contributed by atoms with Gasteiger partial charge in [-0.1, -0.05) is 6.07 Å². The van der Waals surface area contributed by atoms with Crippen LogP contribution in [0.4, 0.5) is 8.78 Å². The molecular formula is C16H22F2N6. The van der Waals surface area contributed by atoms with Crippen LogP contribution in [0.15, 0.2) is 23.2 Å². The van der Waals surface area contributed by atoms with Gasteiger partial charge < -0.3 is 15.2 Å². The molecule has 0 radical (unpaired) electrons. The van der Waals surface area contributed by atoms with Gasteiger partial charge in [0.25, 0.3) is 0 Å². The maximum Gasteiger partial charge on any atom is 0.192 e. The number of rotatable bonds is 5. The Morgan fingerprint density at radius 2 is 2.08 bits per heavy atom. The van der Waals surface area contributed by atoms with E-state index in [9.17, 15) is 8.78 Å². The fourth-order valence-electron chi connectivity index (χ4n) is 2.19. The summed E-state index contributed by atoms with van der Waals surface area (Å²) in [6.07, 6.45) is 0. The number of aliphatic imine (C=N–C) groups is 1. The van der Waals surface area contributed by atoms with E-state index in [0.29, 0.717) is 24.6 Å². The van der Waals surface area contributed by atoms with Gasteiger partial charge in [-0.2, -0.15) is 0 Å². The molecule has 0 aliphatic carbocycles. The van der Waals surface area contributed by atoms with Crippen molar-refractivity contribution in [1.29, 1.82) is 0 Å². The Balaban J connectivity index is 2.12. The smallest absolute Gasteiger partial charge is 0.192 e. The average molecular weight is 336 g/mol. The van der Waals surface area contributed by atoms with Crippen molar-refractivity contribution < 1.29 is 8.78 Å². The minimum Gasteiger partial charge on any atom is -0.357 e. The second-order valence-electron chi connectivity index (χ2n) is 5.45. The number of halogens is 2. The lowest BCUT2D eigenvalue weighted by Gasteiger charge is -2.18. The van der Waals surface area contributed by atoms with Gasteiger partial charge in [0.1, 0.15) is 24.0 Å². The molecule has 8 heteroatoms. The number of nitrogens with one attached hydrogen (secondary N) is 2. The summed E-state index contributed by atoms with van der Waals surface area (Å²) < 4.78 is 28.8. The Hall–Kier alpha value is -2.51. The molecule has 2 aromatic rings. The average Bonchev–Trinajstić information content (AvgIpc) is 2.84. The highest BCUT2D eigenvalue weighted by molar-refractivity contribution is 5.80. The second kappa shape index (κ2) is 7.85. The lowest BCUT2D eigenvalue weighted by atomic mass is 10.1. The Kier molecular flexibility index (Phi) is 5.83. The molecule has 0 amide bonds. The van der Waals surface area contributed by atoms with Crippen LogP contribution in [0.2, 0.25) is 0 Å². The van der Waals surface area contributed by atoms with Crippen molar-refractivity contribution in [3.05, 3.63) is 47.0 Å². The lowest BCUT2D eigenvalue weighted by molar-refractivity contribution is 0.550. The lowest BCUT2D eigenvalue weighted by Crippen LogP contribution is -2.39. The number of hydrogen-bond donors (Lipinski definition) is 2. The fraction of sp³-hybridized carbons (Fsp3) is 0.438. The summed E-state index contributed by atoms with van der Waals surface area (Å²) in [6.45, 7) is 6.58. The molecule has 1 heterocycles. The van der Waals surface area contributed by atoms with Crippen LogP contribution in [-0.2, 0) is 13.6 Å². The van der Waals surface area contributed by atoms with Gasteiger partial charge >= 0.3 is 0 Å². The number of aryl methyl sites for hydroxylation is 1. The van der Waals surface area contributed by atoms with Crippen LogP contribution < -0.4 is 10.6 Å². The minimum atomic E-state index is -0.596. The number of nitrogens with zero attached hydrogens (tertiary/aromatic N) is 4. The molecule has 1 atom stereocenters. The van der Waals surface area contributed by atoms with Crippen LogP contribution in [0.5, 0.6) is 0 Å². The Bertz CT molecular complexity index is 725. The molecule has 1 unspecified atom stereocenters. The highest BCUT2D eigenvalue weighted by Gasteiger charge is 2.13. The molecule has 2 rings (SSSR count). The van der Waals surface area contributed by atoms with E-state index < -0.39 is 11.6 Å². The molecule has 2 N–H and O–H groups in total. The first kappa shape index (κ1) is 17.8. The minimum absolute atomic E-state index is 0.339. The monoisotopic (exact) mass is 336 g/mol. The number of guanidine groups is 1. The SMILES string of the molecule is CCNC(=NCc1nnc(C)n1C)NC(C)c1ccc(F)cc1F. The molecule has 1 aromatic carbocycles. The van der Waals surface area contributed by atoms with E-state index in [-0.39, 0.29) is 6.04 Å². The Morgan fingerprint density at radius 1 is 1.33 bits per heavy atom. The molecule has 1 aromatic heterocycles. The molecule has 0 bridgehead atoms. The predicted molar refractivity (Wildman–Crippen MR) is 88.5 cm³/mol. The number of aromatic nitrogens is 3. The highest BCUT2D eigenvalue weighted by atomic mass is 19.1. The summed E-state index contributed by atoms with van der Waals surface area (Å²) in [5, 5.41) is 14.2. The maximum absolute atomic E-state index is 13.9. The van der Waals surface area contributed by atoms with Crippen molar-refractivity contribution in [3.8, 4) is 0 Å². The van der Waals surface area contributed by atoms with Crippen molar-refractivity contribution in [2.24, 2.45) is 12.0 Å². The van der Waals surface area contributed by atoms with Crippen LogP contribution in [0, 0.1) is 18.6 Å².